The molecule has 0 atom stereocenters. The lowest BCUT2D eigenvalue weighted by molar-refractivity contribution is -0.356. The van der Waals surface area contributed by atoms with Gasteiger partial charge in [0.05, 0.1) is 10.0 Å². The molecule has 0 unspecified atom stereocenters. The second-order valence-corrected chi connectivity index (χ2v) is 7.29. The number of halogens is 1. The number of benzene rings is 2. The first-order chi connectivity index (χ1) is 10.3. The Balaban J connectivity index is 2.10. The summed E-state index contributed by atoms with van der Waals surface area (Å²) in [7, 11) is 0. The maximum Gasteiger partial charge on any atom is 0.272 e. The van der Waals surface area contributed by atoms with Crippen LogP contribution in [0.1, 0.15) is 42.3 Å². The average molecular weight is 358 g/mol. The summed E-state index contributed by atoms with van der Waals surface area (Å²) < 4.78 is 1.36. The highest BCUT2D eigenvalue weighted by Crippen LogP contribution is 2.35. The van der Waals surface area contributed by atoms with E-state index in [9.17, 15) is 10.0 Å². The number of ketones is 1. The summed E-state index contributed by atoms with van der Waals surface area (Å²) in [5.41, 5.74) is 2.87. The molecule has 0 N–H and O–H groups in total. The van der Waals surface area contributed by atoms with Crippen molar-refractivity contribution < 1.29 is 9.53 Å². The molecule has 0 aliphatic carbocycles. The Kier molecular flexibility index (Phi) is 3.44. The van der Waals surface area contributed by atoms with Gasteiger partial charge in [-0.15, -0.1) is 0 Å². The van der Waals surface area contributed by atoms with Gasteiger partial charge in [0.15, 0.2) is 0 Å². The van der Waals surface area contributed by atoms with E-state index in [2.05, 4.69) is 36.7 Å². The smallest absolute Gasteiger partial charge is 0.272 e. The van der Waals surface area contributed by atoms with E-state index in [4.69, 9.17) is 0 Å². The Morgan fingerprint density at radius 2 is 1.68 bits per heavy atom. The molecule has 1 heterocycles. The van der Waals surface area contributed by atoms with Crippen molar-refractivity contribution >= 4 is 33.1 Å². The molecule has 112 valence electrons. The van der Waals surface area contributed by atoms with Crippen LogP contribution in [0, 0.1) is 5.21 Å². The van der Waals surface area contributed by atoms with E-state index in [-0.39, 0.29) is 16.9 Å². The molecule has 0 spiro atoms. The van der Waals surface area contributed by atoms with E-state index in [0.29, 0.717) is 21.3 Å². The predicted octanol–water partition coefficient (Wildman–Crippen LogP) is 4.57. The molecule has 4 heteroatoms. The number of fused-ring (bicyclic) bond motifs is 1. The molecule has 3 rings (SSSR count). The van der Waals surface area contributed by atoms with Crippen LogP contribution in [0.5, 0.6) is 0 Å². The molecule has 2 aromatic carbocycles. The number of rotatable bonds is 1. The zero-order chi connectivity index (χ0) is 16.1. The summed E-state index contributed by atoms with van der Waals surface area (Å²) in [5, 5.41) is 12.5. The molecule has 3 nitrogen and oxygen atoms in total. The maximum atomic E-state index is 12.5. The number of carbonyl (C=O) groups is 1. The van der Waals surface area contributed by atoms with Crippen LogP contribution in [-0.4, -0.2) is 16.2 Å². The van der Waals surface area contributed by atoms with Gasteiger partial charge in [0.2, 0.25) is 5.69 Å². The van der Waals surface area contributed by atoms with Gasteiger partial charge in [-0.3, -0.25) is 4.79 Å². The molecule has 1 aliphatic rings. The standard InChI is InChI=1S/C18H16BrNO2/c1-18(2,3)12-9-7-11(8-10-12)15-17(21)13-5-4-6-14(19)16(13)20(15)22/h4-10H,1-3H3. The van der Waals surface area contributed by atoms with Crippen molar-refractivity contribution in [1.29, 1.82) is 0 Å². The first kappa shape index (κ1) is 15.0. The van der Waals surface area contributed by atoms with Gasteiger partial charge in [-0.2, -0.15) is 4.74 Å². The molecular weight excluding hydrogens is 342 g/mol. The highest BCUT2D eigenvalue weighted by molar-refractivity contribution is 9.10. The van der Waals surface area contributed by atoms with Crippen molar-refractivity contribution in [1.82, 2.24) is 0 Å². The molecule has 0 saturated carbocycles. The summed E-state index contributed by atoms with van der Waals surface area (Å²) in [4.78, 5) is 12.5. The van der Waals surface area contributed by atoms with Crippen molar-refractivity contribution in [2.75, 3.05) is 0 Å². The van der Waals surface area contributed by atoms with Crippen molar-refractivity contribution in [3.05, 3.63) is 68.8 Å². The van der Waals surface area contributed by atoms with Crippen LogP contribution in [0.25, 0.3) is 0 Å². The Hall–Kier alpha value is -1.94. The largest absolute Gasteiger partial charge is 0.618 e. The number of Topliss-reactive ketones (excluding diaryl/α,β-unsaturated/α-hetero) is 1. The normalized spacial score (nSPS) is 14.5. The lowest BCUT2D eigenvalue weighted by atomic mass is 9.86. The van der Waals surface area contributed by atoms with Gasteiger partial charge in [-0.25, -0.2) is 0 Å². The summed E-state index contributed by atoms with van der Waals surface area (Å²) >= 11 is 3.35. The Bertz CT molecular complexity index is 799. The second-order valence-electron chi connectivity index (χ2n) is 6.44. The molecule has 0 fully saturated rings. The molecule has 1 aliphatic heterocycles. The molecule has 22 heavy (non-hydrogen) atoms. The number of para-hydroxylation sites is 1. The van der Waals surface area contributed by atoms with Gasteiger partial charge < -0.3 is 5.21 Å². The first-order valence-corrected chi connectivity index (χ1v) is 7.88. The highest BCUT2D eigenvalue weighted by atomic mass is 79.9. The van der Waals surface area contributed by atoms with Gasteiger partial charge in [0.25, 0.3) is 11.5 Å². The fraction of sp³-hybridized carbons (Fsp3) is 0.222. The molecule has 2 aromatic rings. The number of nitrogens with zero attached hydrogens (tertiary/aromatic N) is 1. The SMILES string of the molecule is CC(C)(C)c1ccc(C2=[N+]([O-])c3c(Br)cccc3C2=O)cc1. The fourth-order valence-corrected chi connectivity index (χ4v) is 3.14. The van der Waals surface area contributed by atoms with E-state index >= 15 is 0 Å². The summed E-state index contributed by atoms with van der Waals surface area (Å²) in [6.07, 6.45) is 0. The van der Waals surface area contributed by atoms with E-state index in [1.54, 1.807) is 18.2 Å². The van der Waals surface area contributed by atoms with E-state index in [0.717, 1.165) is 4.74 Å². The molecular formula is C18H16BrNO2. The van der Waals surface area contributed by atoms with Crippen molar-refractivity contribution in [2.45, 2.75) is 26.2 Å². The quantitative estimate of drug-likeness (QED) is 0.553. The third-order valence-electron chi connectivity index (χ3n) is 3.88. The lowest BCUT2D eigenvalue weighted by Gasteiger charge is -2.18. The van der Waals surface area contributed by atoms with Gasteiger partial charge >= 0.3 is 0 Å². The van der Waals surface area contributed by atoms with Crippen LogP contribution in [0.2, 0.25) is 0 Å². The van der Waals surface area contributed by atoms with Gasteiger partial charge in [-0.05, 0) is 51.2 Å². The minimum absolute atomic E-state index is 0.0338. The number of hydrogen-bond acceptors (Lipinski definition) is 2. The zero-order valence-corrected chi connectivity index (χ0v) is 14.3. The summed E-state index contributed by atoms with van der Waals surface area (Å²) in [6.45, 7) is 6.38. The van der Waals surface area contributed by atoms with Gasteiger partial charge in [0, 0.05) is 0 Å². The average Bonchev–Trinajstić information content (AvgIpc) is 2.71. The minimum atomic E-state index is -0.227. The van der Waals surface area contributed by atoms with Crippen LogP contribution in [0.3, 0.4) is 0 Å². The van der Waals surface area contributed by atoms with Crippen LogP contribution in [0.15, 0.2) is 46.9 Å². The highest BCUT2D eigenvalue weighted by Gasteiger charge is 2.38. The Morgan fingerprint density at radius 1 is 1.05 bits per heavy atom. The van der Waals surface area contributed by atoms with Crippen LogP contribution in [-0.2, 0) is 5.41 Å². The van der Waals surface area contributed by atoms with Crippen molar-refractivity contribution in [3.8, 4) is 0 Å². The van der Waals surface area contributed by atoms with Crippen molar-refractivity contribution in [3.63, 3.8) is 0 Å². The van der Waals surface area contributed by atoms with Crippen LogP contribution < -0.4 is 0 Å². The fourth-order valence-electron chi connectivity index (χ4n) is 2.61. The van der Waals surface area contributed by atoms with Gasteiger partial charge in [0.1, 0.15) is 5.56 Å². The molecule has 0 aromatic heterocycles. The maximum absolute atomic E-state index is 12.5. The monoisotopic (exact) mass is 357 g/mol. The Labute approximate surface area is 138 Å². The van der Waals surface area contributed by atoms with Crippen LogP contribution >= 0.6 is 15.9 Å². The predicted molar refractivity (Wildman–Crippen MR) is 91.0 cm³/mol. The minimum Gasteiger partial charge on any atom is -0.618 e. The van der Waals surface area contributed by atoms with E-state index in [1.165, 1.54) is 5.56 Å². The number of carbonyl (C=O) groups excluding carboxylic acids is 1. The second kappa shape index (κ2) is 5.06. The molecule has 0 amide bonds. The van der Waals surface area contributed by atoms with Crippen LogP contribution in [0.4, 0.5) is 5.69 Å². The topological polar surface area (TPSA) is 43.1 Å². The number of hydrogen-bond donors (Lipinski definition) is 0. The Morgan fingerprint density at radius 3 is 2.23 bits per heavy atom. The van der Waals surface area contributed by atoms with Crippen molar-refractivity contribution in [2.24, 2.45) is 0 Å². The summed E-state index contributed by atoms with van der Waals surface area (Å²) in [6, 6.07) is 12.9. The van der Waals surface area contributed by atoms with E-state index in [1.807, 2.05) is 24.3 Å². The van der Waals surface area contributed by atoms with E-state index < -0.39 is 0 Å². The van der Waals surface area contributed by atoms with Gasteiger partial charge in [-0.1, -0.05) is 39.0 Å². The zero-order valence-electron chi connectivity index (χ0n) is 12.7. The first-order valence-electron chi connectivity index (χ1n) is 7.09. The lowest BCUT2D eigenvalue weighted by Crippen LogP contribution is -2.17. The summed E-state index contributed by atoms with van der Waals surface area (Å²) in [5.74, 6) is -0.227. The molecule has 0 saturated heterocycles. The third-order valence-corrected chi connectivity index (χ3v) is 4.52. The third kappa shape index (κ3) is 2.28. The molecule has 0 bridgehead atoms. The molecule has 0 radical (unpaired) electrons.